The molecule has 2 aliphatic heterocycles. The molecule has 3 fully saturated rings. The van der Waals surface area contributed by atoms with Gasteiger partial charge >= 0.3 is 12.4 Å². The Balaban J connectivity index is 1.51. The van der Waals surface area contributed by atoms with Crippen molar-refractivity contribution in [1.82, 2.24) is 4.90 Å². The number of anilines is 1. The summed E-state index contributed by atoms with van der Waals surface area (Å²) in [5, 5.41) is 11.0. The summed E-state index contributed by atoms with van der Waals surface area (Å²) in [6, 6.07) is 4.52. The van der Waals surface area contributed by atoms with Crippen LogP contribution in [-0.4, -0.2) is 57.5 Å². The molecule has 46 heavy (non-hydrogen) atoms. The summed E-state index contributed by atoms with van der Waals surface area (Å²) in [7, 11) is 2.49. The Kier molecular flexibility index (Phi) is 7.07. The van der Waals surface area contributed by atoms with Crippen LogP contribution in [-0.2, 0) is 31.5 Å². The predicted molar refractivity (Wildman–Crippen MR) is 149 cm³/mol. The summed E-state index contributed by atoms with van der Waals surface area (Å²) in [4.78, 5) is 51.4. The van der Waals surface area contributed by atoms with E-state index in [0.717, 1.165) is 11.9 Å². The molecule has 6 rings (SSSR count). The number of carbonyl (C=O) groups excluding carboxylic acids is 4. The molecule has 1 N–H and O–H groups in total. The quantitative estimate of drug-likeness (QED) is 0.194. The Morgan fingerprint density at radius 2 is 1.50 bits per heavy atom. The van der Waals surface area contributed by atoms with Gasteiger partial charge < -0.3 is 9.84 Å². The smallest absolute Gasteiger partial charge is 0.416 e. The van der Waals surface area contributed by atoms with Crippen LogP contribution in [0.4, 0.5) is 32.0 Å². The number of allylic oxidation sites excluding steroid dienone is 2. The Hall–Kier alpha value is -3.78. The predicted octanol–water partition coefficient (Wildman–Crippen LogP) is 5.63. The van der Waals surface area contributed by atoms with E-state index in [0.29, 0.717) is 4.90 Å². The van der Waals surface area contributed by atoms with Gasteiger partial charge in [-0.2, -0.15) is 26.3 Å². The number of carbonyl (C=O) groups is 4. The van der Waals surface area contributed by atoms with Crippen LogP contribution < -0.4 is 9.64 Å². The highest BCUT2D eigenvalue weighted by molar-refractivity contribution is 6.53. The van der Waals surface area contributed by atoms with E-state index >= 15 is 0 Å². The molecule has 6 atom stereocenters. The second-order valence-corrected chi connectivity index (χ2v) is 12.9. The van der Waals surface area contributed by atoms with Gasteiger partial charge in [-0.15, -0.1) is 23.2 Å². The molecule has 4 aliphatic rings. The summed E-state index contributed by atoms with van der Waals surface area (Å²) in [5.41, 5.74) is -4.07. The zero-order valence-corrected chi connectivity index (χ0v) is 25.2. The highest BCUT2D eigenvalue weighted by Gasteiger charge is 2.76. The van der Waals surface area contributed by atoms with Gasteiger partial charge in [0.2, 0.25) is 11.8 Å². The third-order valence-electron chi connectivity index (χ3n) is 9.39. The van der Waals surface area contributed by atoms with E-state index in [1.54, 1.807) is 0 Å². The molecule has 2 aromatic rings. The molecule has 8 nitrogen and oxygen atoms in total. The monoisotopic (exact) mass is 690 g/mol. The van der Waals surface area contributed by atoms with Gasteiger partial charge in [0.05, 0.1) is 35.8 Å². The molecule has 2 heterocycles. The van der Waals surface area contributed by atoms with Crippen LogP contribution in [0.3, 0.4) is 0 Å². The zero-order chi connectivity index (χ0) is 33.9. The molecule has 0 aromatic heterocycles. The molecule has 2 saturated heterocycles. The fraction of sp³-hybridized carbons (Fsp3) is 0.400. The number of aromatic hydroxyl groups is 1. The van der Waals surface area contributed by atoms with Crippen LogP contribution in [0.25, 0.3) is 0 Å². The molecule has 2 aromatic carbocycles. The van der Waals surface area contributed by atoms with E-state index in [9.17, 15) is 50.6 Å². The van der Waals surface area contributed by atoms with Crippen molar-refractivity contribution in [1.29, 1.82) is 0 Å². The number of hydrogen-bond donors (Lipinski definition) is 1. The van der Waals surface area contributed by atoms with Crippen molar-refractivity contribution < 1.29 is 55.4 Å². The molecule has 244 valence electrons. The number of imide groups is 2. The largest absolute Gasteiger partial charge is 0.508 e. The third kappa shape index (κ3) is 4.28. The minimum absolute atomic E-state index is 0.0352. The number of rotatable bonds is 3. The van der Waals surface area contributed by atoms with E-state index in [-0.39, 0.29) is 41.5 Å². The molecule has 1 saturated carbocycles. The van der Waals surface area contributed by atoms with Crippen LogP contribution in [0.15, 0.2) is 48.0 Å². The van der Waals surface area contributed by atoms with Crippen molar-refractivity contribution in [3.63, 3.8) is 0 Å². The summed E-state index contributed by atoms with van der Waals surface area (Å²) in [6.07, 6.45) is -9.67. The normalized spacial score (nSPS) is 31.1. The van der Waals surface area contributed by atoms with Crippen LogP contribution in [0.1, 0.15) is 35.4 Å². The number of methoxy groups -OCH3 is 1. The molecule has 4 amide bonds. The van der Waals surface area contributed by atoms with Crippen molar-refractivity contribution in [2.45, 2.75) is 40.9 Å². The number of phenolic OH excluding ortho intramolecular Hbond substituents is 1. The number of alkyl halides is 8. The van der Waals surface area contributed by atoms with Crippen molar-refractivity contribution in [3.8, 4) is 11.5 Å². The number of amides is 4. The van der Waals surface area contributed by atoms with Crippen LogP contribution in [0.5, 0.6) is 11.5 Å². The van der Waals surface area contributed by atoms with Crippen molar-refractivity contribution in [2.75, 3.05) is 19.1 Å². The zero-order valence-electron chi connectivity index (χ0n) is 23.7. The average molecular weight is 691 g/mol. The summed E-state index contributed by atoms with van der Waals surface area (Å²) >= 11 is 14.0. The van der Waals surface area contributed by atoms with Gasteiger partial charge in [-0.25, -0.2) is 4.90 Å². The van der Waals surface area contributed by atoms with E-state index in [2.05, 4.69) is 0 Å². The SMILES string of the molecule is COc1ccc([C@H]2C3=CC[C@@H]4C(=O)N(c5cc(C(F)(F)F)cc(C(F)(F)F)c5)C(=O)[C@@H]4[C@@H]3C[C@@]3(Cl)C(=O)N(C)C(=O)[C@@]23Cl)c(O)c1. The number of phenols is 1. The van der Waals surface area contributed by atoms with Gasteiger partial charge in [0.15, 0.2) is 9.75 Å². The fourth-order valence-electron chi connectivity index (χ4n) is 7.31. The second kappa shape index (κ2) is 10.1. The minimum atomic E-state index is -5.24. The molecule has 0 spiro atoms. The maximum Gasteiger partial charge on any atom is 0.416 e. The standard InChI is InChI=1S/C30H22Cl2F6N2O6/c1-39-25(44)27(31)11-19-16(22(28(27,32)26(39)45)17-4-3-15(46-2)10-20(17)41)5-6-18-21(19)24(43)40(23(18)42)14-8-12(29(33,34)35)7-13(9-14)30(36,37)38/h3-5,7-10,18-19,21-22,41H,6,11H2,1-2H3/t18-,19+,21-,22+,27+,28-/m0/s1. The number of ether oxygens (including phenoxy) is 1. The lowest BCUT2D eigenvalue weighted by molar-refractivity contribution is -0.143. The lowest BCUT2D eigenvalue weighted by Crippen LogP contribution is -2.60. The van der Waals surface area contributed by atoms with Gasteiger partial charge in [0.1, 0.15) is 11.5 Å². The molecular formula is C30H22Cl2F6N2O6. The van der Waals surface area contributed by atoms with Crippen LogP contribution >= 0.6 is 23.2 Å². The Morgan fingerprint density at radius 1 is 0.891 bits per heavy atom. The Labute approximate surface area is 266 Å². The summed E-state index contributed by atoms with van der Waals surface area (Å²) in [6.45, 7) is 0. The Morgan fingerprint density at radius 3 is 2.04 bits per heavy atom. The summed E-state index contributed by atoms with van der Waals surface area (Å²) in [5.74, 6) is -9.27. The van der Waals surface area contributed by atoms with E-state index in [1.165, 1.54) is 31.4 Å². The number of fused-ring (bicyclic) bond motifs is 4. The number of hydrogen-bond acceptors (Lipinski definition) is 6. The molecule has 16 heteroatoms. The first-order valence-corrected chi connectivity index (χ1v) is 14.5. The van der Waals surface area contributed by atoms with Gasteiger partial charge in [0.25, 0.3) is 11.8 Å². The van der Waals surface area contributed by atoms with Crippen molar-refractivity contribution >= 4 is 52.5 Å². The van der Waals surface area contributed by atoms with E-state index in [1.807, 2.05) is 0 Å². The first-order chi connectivity index (χ1) is 21.3. The highest BCUT2D eigenvalue weighted by Crippen LogP contribution is 2.66. The maximum absolute atomic E-state index is 14.0. The highest BCUT2D eigenvalue weighted by atomic mass is 35.5. The lowest BCUT2D eigenvalue weighted by atomic mass is 9.56. The second-order valence-electron chi connectivity index (χ2n) is 11.7. The van der Waals surface area contributed by atoms with Crippen LogP contribution in [0, 0.1) is 17.8 Å². The van der Waals surface area contributed by atoms with E-state index in [4.69, 9.17) is 27.9 Å². The first-order valence-electron chi connectivity index (χ1n) is 13.7. The van der Waals surface area contributed by atoms with E-state index < -0.39 is 98.4 Å². The maximum atomic E-state index is 14.0. The molecule has 0 bridgehead atoms. The minimum Gasteiger partial charge on any atom is -0.508 e. The molecular weight excluding hydrogens is 669 g/mol. The average Bonchev–Trinajstić information content (AvgIpc) is 3.31. The van der Waals surface area contributed by atoms with Crippen LogP contribution in [0.2, 0.25) is 0 Å². The lowest BCUT2D eigenvalue weighted by Gasteiger charge is -2.50. The third-order valence-corrected chi connectivity index (χ3v) is 10.8. The molecule has 0 radical (unpaired) electrons. The van der Waals surface area contributed by atoms with Crippen molar-refractivity contribution in [2.24, 2.45) is 17.8 Å². The molecule has 0 unspecified atom stereocenters. The topological polar surface area (TPSA) is 104 Å². The van der Waals surface area contributed by atoms with Crippen molar-refractivity contribution in [3.05, 3.63) is 64.7 Å². The first kappa shape index (κ1) is 32.2. The van der Waals surface area contributed by atoms with Gasteiger partial charge in [-0.05, 0) is 43.0 Å². The Bertz CT molecular complexity index is 1730. The van der Waals surface area contributed by atoms with Gasteiger partial charge in [-0.3, -0.25) is 24.1 Å². The number of likely N-dealkylation sites (tertiary alicyclic amines) is 1. The van der Waals surface area contributed by atoms with Gasteiger partial charge in [-0.1, -0.05) is 17.7 Å². The number of benzene rings is 2. The number of halogens is 8. The number of nitrogens with zero attached hydrogens (tertiary/aromatic N) is 2. The fourth-order valence-corrected chi connectivity index (χ4v) is 8.32. The summed E-state index contributed by atoms with van der Waals surface area (Å²) < 4.78 is 87.0. The molecule has 2 aliphatic carbocycles. The van der Waals surface area contributed by atoms with Gasteiger partial charge in [0, 0.05) is 24.6 Å².